The van der Waals surface area contributed by atoms with Crippen molar-refractivity contribution in [3.63, 3.8) is 0 Å². The number of morpholine rings is 1. The van der Waals surface area contributed by atoms with Gasteiger partial charge in [-0.1, -0.05) is 15.9 Å². The largest absolute Gasteiger partial charge is 0.379 e. The van der Waals surface area contributed by atoms with Crippen molar-refractivity contribution in [1.82, 2.24) is 9.88 Å². The summed E-state index contributed by atoms with van der Waals surface area (Å²) in [6.07, 6.45) is 2.53. The molecule has 5 heteroatoms. The number of halogens is 1. The minimum Gasteiger partial charge on any atom is -0.379 e. The van der Waals surface area contributed by atoms with E-state index in [9.17, 15) is 0 Å². The Bertz CT molecular complexity index is 617. The van der Waals surface area contributed by atoms with Crippen LogP contribution in [0, 0.1) is 0 Å². The summed E-state index contributed by atoms with van der Waals surface area (Å²) in [7, 11) is 0. The number of fused-ring (bicyclic) bond motifs is 1. The molecule has 0 N–H and O–H groups in total. The van der Waals surface area contributed by atoms with Gasteiger partial charge in [0.25, 0.3) is 0 Å². The van der Waals surface area contributed by atoms with Crippen LogP contribution in [0.15, 0.2) is 22.7 Å². The quantitative estimate of drug-likeness (QED) is 0.824. The summed E-state index contributed by atoms with van der Waals surface area (Å²) in [5.74, 6) is 0.666. The molecule has 0 unspecified atom stereocenters. The molecule has 20 heavy (non-hydrogen) atoms. The number of hydrogen-bond acceptors (Lipinski definition) is 4. The third-order valence-electron chi connectivity index (χ3n) is 4.39. The van der Waals surface area contributed by atoms with Crippen molar-refractivity contribution < 1.29 is 4.74 Å². The molecule has 106 valence electrons. The number of ether oxygens (including phenoxy) is 1. The van der Waals surface area contributed by atoms with Crippen LogP contribution in [-0.2, 0) is 4.74 Å². The molecular formula is C15H17BrN2OS. The summed E-state index contributed by atoms with van der Waals surface area (Å²) in [5.41, 5.74) is 1.14. The Morgan fingerprint density at radius 1 is 1.25 bits per heavy atom. The fraction of sp³-hybridized carbons (Fsp3) is 0.533. The summed E-state index contributed by atoms with van der Waals surface area (Å²) < 4.78 is 7.86. The van der Waals surface area contributed by atoms with Gasteiger partial charge in [-0.25, -0.2) is 4.98 Å². The van der Waals surface area contributed by atoms with E-state index in [1.807, 2.05) is 11.3 Å². The molecule has 0 atom stereocenters. The summed E-state index contributed by atoms with van der Waals surface area (Å²) in [6, 6.07) is 7.11. The lowest BCUT2D eigenvalue weighted by atomic mass is 9.79. The van der Waals surface area contributed by atoms with E-state index in [-0.39, 0.29) is 0 Å². The number of aromatic nitrogens is 1. The van der Waals surface area contributed by atoms with Crippen LogP contribution in [0.5, 0.6) is 0 Å². The fourth-order valence-electron chi connectivity index (χ4n) is 3.12. The van der Waals surface area contributed by atoms with Crippen molar-refractivity contribution in [2.45, 2.75) is 24.8 Å². The molecule has 1 saturated heterocycles. The predicted octanol–water partition coefficient (Wildman–Crippen LogP) is 3.64. The molecule has 1 aromatic heterocycles. The second kappa shape index (κ2) is 5.37. The first-order valence-electron chi connectivity index (χ1n) is 7.17. The zero-order valence-corrected chi connectivity index (χ0v) is 13.6. The molecule has 2 aromatic rings. The number of rotatable bonds is 2. The SMILES string of the molecule is Brc1ccc2nc([C@H]3C[C@@H](N4CCOCC4)C3)sc2c1. The van der Waals surface area contributed by atoms with Gasteiger partial charge in [-0.15, -0.1) is 11.3 Å². The van der Waals surface area contributed by atoms with Gasteiger partial charge in [0, 0.05) is 29.5 Å². The van der Waals surface area contributed by atoms with Crippen LogP contribution in [-0.4, -0.2) is 42.2 Å². The molecule has 2 fully saturated rings. The minimum atomic E-state index is 0.666. The average Bonchev–Trinajstić information content (AvgIpc) is 2.80. The lowest BCUT2D eigenvalue weighted by Crippen LogP contribution is -2.48. The Morgan fingerprint density at radius 3 is 2.85 bits per heavy atom. The van der Waals surface area contributed by atoms with Crippen molar-refractivity contribution in [3.8, 4) is 0 Å². The Morgan fingerprint density at radius 2 is 2.05 bits per heavy atom. The van der Waals surface area contributed by atoms with Gasteiger partial charge in [-0.2, -0.15) is 0 Å². The molecule has 1 aromatic carbocycles. The van der Waals surface area contributed by atoms with E-state index in [4.69, 9.17) is 9.72 Å². The number of benzene rings is 1. The Kier molecular flexibility index (Phi) is 3.54. The molecule has 1 aliphatic carbocycles. The molecule has 0 bridgehead atoms. The molecule has 0 spiro atoms. The summed E-state index contributed by atoms with van der Waals surface area (Å²) in [5, 5.41) is 1.32. The van der Waals surface area contributed by atoms with Crippen molar-refractivity contribution in [2.75, 3.05) is 26.3 Å². The highest BCUT2D eigenvalue weighted by Gasteiger charge is 2.36. The minimum absolute atomic E-state index is 0.666. The summed E-state index contributed by atoms with van der Waals surface area (Å²) in [6.45, 7) is 4.00. The molecule has 1 saturated carbocycles. The highest BCUT2D eigenvalue weighted by molar-refractivity contribution is 9.10. The molecule has 0 radical (unpaired) electrons. The first-order chi connectivity index (χ1) is 9.79. The Labute approximate surface area is 131 Å². The smallest absolute Gasteiger partial charge is 0.0970 e. The van der Waals surface area contributed by atoms with Crippen LogP contribution in [0.4, 0.5) is 0 Å². The highest BCUT2D eigenvalue weighted by Crippen LogP contribution is 2.42. The van der Waals surface area contributed by atoms with Crippen LogP contribution < -0.4 is 0 Å². The van der Waals surface area contributed by atoms with Crippen molar-refractivity contribution in [3.05, 3.63) is 27.7 Å². The molecular weight excluding hydrogens is 336 g/mol. The van der Waals surface area contributed by atoms with E-state index in [2.05, 4.69) is 39.0 Å². The maximum Gasteiger partial charge on any atom is 0.0970 e. The van der Waals surface area contributed by atoms with Crippen LogP contribution in [0.25, 0.3) is 10.2 Å². The Hall–Kier alpha value is -0.490. The molecule has 0 amide bonds. The second-order valence-electron chi connectivity index (χ2n) is 5.63. The van der Waals surface area contributed by atoms with Gasteiger partial charge in [0.15, 0.2) is 0 Å². The summed E-state index contributed by atoms with van der Waals surface area (Å²) in [4.78, 5) is 7.40. The first kappa shape index (κ1) is 13.2. The van der Waals surface area contributed by atoms with Crippen molar-refractivity contribution in [1.29, 1.82) is 0 Å². The molecule has 3 nitrogen and oxygen atoms in total. The van der Waals surface area contributed by atoms with Crippen LogP contribution in [0.3, 0.4) is 0 Å². The number of thiazole rings is 1. The van der Waals surface area contributed by atoms with Crippen LogP contribution in [0.2, 0.25) is 0 Å². The van der Waals surface area contributed by atoms with Gasteiger partial charge < -0.3 is 4.74 Å². The maximum atomic E-state index is 5.42. The van der Waals surface area contributed by atoms with Crippen molar-refractivity contribution in [2.24, 2.45) is 0 Å². The number of nitrogens with zero attached hydrogens (tertiary/aromatic N) is 2. The molecule has 2 aliphatic rings. The third kappa shape index (κ3) is 2.41. The van der Waals surface area contributed by atoms with Gasteiger partial charge in [-0.3, -0.25) is 4.90 Å². The van der Waals surface area contributed by atoms with E-state index < -0.39 is 0 Å². The normalized spacial score (nSPS) is 27.6. The molecule has 1 aliphatic heterocycles. The Balaban J connectivity index is 1.46. The van der Waals surface area contributed by atoms with E-state index in [0.29, 0.717) is 5.92 Å². The van der Waals surface area contributed by atoms with E-state index in [0.717, 1.165) is 42.3 Å². The van der Waals surface area contributed by atoms with Crippen LogP contribution in [0.1, 0.15) is 23.8 Å². The standard InChI is InChI=1S/C15H17BrN2OS/c16-11-1-2-13-14(9-11)20-15(17-13)10-7-12(8-10)18-3-5-19-6-4-18/h1-2,9-10,12H,3-8H2/t10-,12+. The molecule has 2 heterocycles. The fourth-order valence-corrected chi connectivity index (χ4v) is 4.77. The van der Waals surface area contributed by atoms with E-state index in [1.165, 1.54) is 22.5 Å². The van der Waals surface area contributed by atoms with Gasteiger partial charge >= 0.3 is 0 Å². The first-order valence-corrected chi connectivity index (χ1v) is 8.78. The molecule has 4 rings (SSSR count). The monoisotopic (exact) mass is 352 g/mol. The second-order valence-corrected chi connectivity index (χ2v) is 7.61. The zero-order valence-electron chi connectivity index (χ0n) is 11.2. The topological polar surface area (TPSA) is 25.4 Å². The zero-order chi connectivity index (χ0) is 13.5. The van der Waals surface area contributed by atoms with Gasteiger partial charge in [0.1, 0.15) is 0 Å². The van der Waals surface area contributed by atoms with Gasteiger partial charge in [-0.05, 0) is 31.0 Å². The third-order valence-corrected chi connectivity index (χ3v) is 6.07. The van der Waals surface area contributed by atoms with Crippen LogP contribution >= 0.6 is 27.3 Å². The van der Waals surface area contributed by atoms with E-state index >= 15 is 0 Å². The summed E-state index contributed by atoms with van der Waals surface area (Å²) >= 11 is 5.39. The van der Waals surface area contributed by atoms with E-state index in [1.54, 1.807) is 0 Å². The predicted molar refractivity (Wildman–Crippen MR) is 85.5 cm³/mol. The lowest BCUT2D eigenvalue weighted by molar-refractivity contribution is -0.00698. The van der Waals surface area contributed by atoms with Crippen molar-refractivity contribution >= 4 is 37.5 Å². The van der Waals surface area contributed by atoms with Gasteiger partial charge in [0.2, 0.25) is 0 Å². The highest BCUT2D eigenvalue weighted by atomic mass is 79.9. The van der Waals surface area contributed by atoms with Gasteiger partial charge in [0.05, 0.1) is 28.4 Å². The average molecular weight is 353 g/mol. The lowest BCUT2D eigenvalue weighted by Gasteiger charge is -2.43. The maximum absolute atomic E-state index is 5.42. The number of hydrogen-bond donors (Lipinski definition) is 0.